The van der Waals surface area contributed by atoms with Gasteiger partial charge < -0.3 is 19.9 Å². The highest BCUT2D eigenvalue weighted by Gasteiger charge is 2.30. The first kappa shape index (κ1) is 27.1. The Morgan fingerprint density at radius 1 is 1.13 bits per heavy atom. The molecule has 208 valence electrons. The van der Waals surface area contributed by atoms with Crippen LogP contribution in [0.25, 0.3) is 22.2 Å². The molecule has 3 heterocycles. The van der Waals surface area contributed by atoms with Crippen LogP contribution in [-0.4, -0.2) is 71.5 Å². The minimum absolute atomic E-state index is 0.0226. The zero-order chi connectivity index (χ0) is 27.6. The minimum atomic E-state index is -0.529. The number of rotatable bonds is 7. The molecule has 0 spiro atoms. The predicted molar refractivity (Wildman–Crippen MR) is 150 cm³/mol. The number of hydrogen-bond acceptors (Lipinski definition) is 7. The number of nitrogens with zero attached hydrogens (tertiary/aromatic N) is 3. The van der Waals surface area contributed by atoms with Crippen molar-refractivity contribution in [2.75, 3.05) is 40.0 Å². The van der Waals surface area contributed by atoms with Crippen LogP contribution in [0.15, 0.2) is 41.3 Å². The fourth-order valence-electron chi connectivity index (χ4n) is 5.53. The summed E-state index contributed by atoms with van der Waals surface area (Å²) >= 11 is 0. The number of ether oxygens (including phenoxy) is 2. The maximum absolute atomic E-state index is 13.7. The van der Waals surface area contributed by atoms with E-state index in [0.29, 0.717) is 37.3 Å². The van der Waals surface area contributed by atoms with Crippen LogP contribution < -0.4 is 15.6 Å². The van der Waals surface area contributed by atoms with E-state index in [2.05, 4.69) is 29.0 Å². The van der Waals surface area contributed by atoms with Gasteiger partial charge in [-0.1, -0.05) is 26.0 Å². The van der Waals surface area contributed by atoms with Gasteiger partial charge in [0.15, 0.2) is 0 Å². The molecular weight excluding hydrogens is 496 g/mol. The predicted octanol–water partition coefficient (Wildman–Crippen LogP) is 3.81. The van der Waals surface area contributed by atoms with Gasteiger partial charge in [0.2, 0.25) is 0 Å². The molecule has 9 heteroatoms. The van der Waals surface area contributed by atoms with E-state index in [4.69, 9.17) is 9.47 Å². The number of aromatic hydroxyl groups is 1. The van der Waals surface area contributed by atoms with E-state index < -0.39 is 11.5 Å². The van der Waals surface area contributed by atoms with Crippen LogP contribution in [-0.2, 0) is 11.3 Å². The number of aromatic nitrogens is 2. The van der Waals surface area contributed by atoms with E-state index in [-0.39, 0.29) is 22.8 Å². The van der Waals surface area contributed by atoms with Gasteiger partial charge in [-0.15, -0.1) is 0 Å². The van der Waals surface area contributed by atoms with Gasteiger partial charge in [0, 0.05) is 44.0 Å². The molecule has 1 aliphatic heterocycles. The Labute approximate surface area is 228 Å². The Hall–Kier alpha value is -3.43. The number of methoxy groups -OCH3 is 1. The normalized spacial score (nSPS) is 18.2. The standard InChI is InChI=1S/C30H38N4O5/c1-30(2)10-8-22(9-11-30)32-28(36)25-26(35)24-18-21(20-4-6-23(38-3)7-5-20)19-31-27(24)34(29(25)37)13-12-33-14-16-39-17-15-33/h4-7,18-19,22,35H,8-17H2,1-3H3,(H,32,36). The molecule has 1 aliphatic carbocycles. The van der Waals surface area contributed by atoms with E-state index in [1.54, 1.807) is 19.4 Å². The van der Waals surface area contributed by atoms with Gasteiger partial charge in [0.1, 0.15) is 22.7 Å². The van der Waals surface area contributed by atoms with Gasteiger partial charge in [0.05, 0.1) is 25.7 Å². The zero-order valence-electron chi connectivity index (χ0n) is 23.0. The number of hydrogen-bond donors (Lipinski definition) is 2. The molecule has 2 aliphatic rings. The highest BCUT2D eigenvalue weighted by molar-refractivity contribution is 6.02. The molecule has 3 aromatic rings. The van der Waals surface area contributed by atoms with Crippen molar-refractivity contribution in [3.63, 3.8) is 0 Å². The van der Waals surface area contributed by atoms with Crippen molar-refractivity contribution in [3.05, 3.63) is 52.4 Å². The molecule has 1 amide bonds. The molecule has 0 atom stereocenters. The van der Waals surface area contributed by atoms with Crippen molar-refractivity contribution < 1.29 is 19.4 Å². The van der Waals surface area contributed by atoms with E-state index in [1.165, 1.54) is 4.57 Å². The lowest BCUT2D eigenvalue weighted by molar-refractivity contribution is 0.0364. The van der Waals surface area contributed by atoms with Crippen molar-refractivity contribution in [1.29, 1.82) is 0 Å². The van der Waals surface area contributed by atoms with Crippen LogP contribution in [0.5, 0.6) is 11.5 Å². The summed E-state index contributed by atoms with van der Waals surface area (Å²) in [6.45, 7) is 8.31. The fourth-order valence-corrected chi connectivity index (χ4v) is 5.53. The summed E-state index contributed by atoms with van der Waals surface area (Å²) in [6, 6.07) is 9.30. The molecule has 1 saturated carbocycles. The summed E-state index contributed by atoms with van der Waals surface area (Å²) in [7, 11) is 1.61. The number of amides is 1. The Morgan fingerprint density at radius 3 is 2.49 bits per heavy atom. The smallest absolute Gasteiger partial charge is 0.268 e. The second-order valence-electron chi connectivity index (χ2n) is 11.4. The van der Waals surface area contributed by atoms with Crippen LogP contribution in [0, 0.1) is 5.41 Å². The fraction of sp³-hybridized carbons (Fsp3) is 0.500. The molecule has 39 heavy (non-hydrogen) atoms. The second kappa shape index (κ2) is 11.4. The summed E-state index contributed by atoms with van der Waals surface area (Å²) in [4.78, 5) is 34.1. The van der Waals surface area contributed by atoms with Gasteiger partial charge in [-0.25, -0.2) is 4.98 Å². The van der Waals surface area contributed by atoms with E-state index in [1.807, 2.05) is 24.3 Å². The first-order chi connectivity index (χ1) is 18.8. The number of pyridine rings is 2. The zero-order valence-corrected chi connectivity index (χ0v) is 23.0. The third kappa shape index (κ3) is 5.94. The van der Waals surface area contributed by atoms with Crippen LogP contribution >= 0.6 is 0 Å². The SMILES string of the molecule is COc1ccc(-c2cnc3c(c2)c(O)c(C(=O)NC2CCC(C)(C)CC2)c(=O)n3CCN2CCOCC2)cc1. The van der Waals surface area contributed by atoms with Crippen LogP contribution in [0.1, 0.15) is 49.9 Å². The van der Waals surface area contributed by atoms with Gasteiger partial charge >= 0.3 is 0 Å². The first-order valence-electron chi connectivity index (χ1n) is 13.8. The summed E-state index contributed by atoms with van der Waals surface area (Å²) in [6.07, 6.45) is 5.39. The van der Waals surface area contributed by atoms with Crippen LogP contribution in [0.3, 0.4) is 0 Å². The van der Waals surface area contributed by atoms with E-state index in [0.717, 1.165) is 55.6 Å². The van der Waals surface area contributed by atoms with Gasteiger partial charge in [0.25, 0.3) is 11.5 Å². The monoisotopic (exact) mass is 534 g/mol. The minimum Gasteiger partial charge on any atom is -0.506 e. The molecular formula is C30H38N4O5. The maximum Gasteiger partial charge on any atom is 0.268 e. The molecule has 9 nitrogen and oxygen atoms in total. The molecule has 5 rings (SSSR count). The van der Waals surface area contributed by atoms with Crippen molar-refractivity contribution in [2.45, 2.75) is 52.1 Å². The topological polar surface area (TPSA) is 106 Å². The summed E-state index contributed by atoms with van der Waals surface area (Å²) < 4.78 is 12.2. The molecule has 0 bridgehead atoms. The lowest BCUT2D eigenvalue weighted by Gasteiger charge is -2.34. The summed E-state index contributed by atoms with van der Waals surface area (Å²) in [5.74, 6) is -0.120. The number of carbonyl (C=O) groups excluding carboxylic acids is 1. The molecule has 2 aromatic heterocycles. The highest BCUT2D eigenvalue weighted by atomic mass is 16.5. The largest absolute Gasteiger partial charge is 0.506 e. The van der Waals surface area contributed by atoms with Crippen LogP contribution in [0.2, 0.25) is 0 Å². The average molecular weight is 535 g/mol. The number of benzene rings is 1. The highest BCUT2D eigenvalue weighted by Crippen LogP contribution is 2.35. The molecule has 0 unspecified atom stereocenters. The van der Waals surface area contributed by atoms with E-state index >= 15 is 0 Å². The summed E-state index contributed by atoms with van der Waals surface area (Å²) in [5.41, 5.74) is 1.52. The molecule has 1 saturated heterocycles. The van der Waals surface area contributed by atoms with Crippen molar-refractivity contribution in [3.8, 4) is 22.6 Å². The Bertz CT molecular complexity index is 1380. The van der Waals surface area contributed by atoms with Crippen molar-refractivity contribution in [2.24, 2.45) is 5.41 Å². The third-order valence-corrected chi connectivity index (χ3v) is 8.14. The van der Waals surface area contributed by atoms with Gasteiger partial charge in [-0.05, 0) is 54.9 Å². The van der Waals surface area contributed by atoms with Crippen molar-refractivity contribution >= 4 is 16.9 Å². The first-order valence-corrected chi connectivity index (χ1v) is 13.8. The number of nitrogens with one attached hydrogen (secondary N) is 1. The van der Waals surface area contributed by atoms with E-state index in [9.17, 15) is 14.7 Å². The average Bonchev–Trinajstić information content (AvgIpc) is 2.94. The number of morpholine rings is 1. The van der Waals surface area contributed by atoms with Gasteiger partial charge in [-0.3, -0.25) is 19.1 Å². The molecule has 1 aromatic carbocycles. The van der Waals surface area contributed by atoms with Gasteiger partial charge in [-0.2, -0.15) is 0 Å². The second-order valence-corrected chi connectivity index (χ2v) is 11.4. The molecule has 2 N–H and O–H groups in total. The third-order valence-electron chi connectivity index (χ3n) is 8.14. The quantitative estimate of drug-likeness (QED) is 0.475. The lowest BCUT2D eigenvalue weighted by Crippen LogP contribution is -2.43. The Kier molecular flexibility index (Phi) is 7.91. The van der Waals surface area contributed by atoms with Crippen LogP contribution in [0.4, 0.5) is 0 Å². The molecule has 0 radical (unpaired) electrons. The Balaban J connectivity index is 1.53. The maximum atomic E-state index is 13.7. The summed E-state index contributed by atoms with van der Waals surface area (Å²) in [5, 5.41) is 14.8. The lowest BCUT2D eigenvalue weighted by atomic mass is 9.75. The Morgan fingerprint density at radius 2 is 1.82 bits per heavy atom. The molecule has 2 fully saturated rings. The number of carbonyl (C=O) groups is 1. The van der Waals surface area contributed by atoms with Crippen molar-refractivity contribution in [1.82, 2.24) is 19.8 Å². The number of fused-ring (bicyclic) bond motifs is 1.